The van der Waals surface area contributed by atoms with Gasteiger partial charge in [-0.3, -0.25) is 0 Å². The highest BCUT2D eigenvalue weighted by atomic mass is 16.3. The van der Waals surface area contributed by atoms with Gasteiger partial charge in [-0.25, -0.2) is 0 Å². The van der Waals surface area contributed by atoms with Gasteiger partial charge >= 0.3 is 0 Å². The third kappa shape index (κ3) is 3.41. The Morgan fingerprint density at radius 2 is 0.974 bits per heavy atom. The lowest BCUT2D eigenvalue weighted by molar-refractivity contribution is 0.669. The van der Waals surface area contributed by atoms with E-state index in [4.69, 9.17) is 11.3 Å². The average molecular weight is 502 g/mol. The summed E-state index contributed by atoms with van der Waals surface area (Å²) in [6, 6.07) is 37.0. The quantitative estimate of drug-likeness (QED) is 0.219. The van der Waals surface area contributed by atoms with Gasteiger partial charge in [-0.15, -0.1) is 0 Å². The van der Waals surface area contributed by atoms with Crippen LogP contribution in [0.15, 0.2) is 150 Å². The van der Waals surface area contributed by atoms with Crippen LogP contribution in [-0.4, -0.2) is 0 Å². The maximum atomic E-state index is 8.92. The number of rotatable bonds is 3. The number of furan rings is 1. The standard InChI is InChI=1S/C38H24O/c1-3-13-25(14-4-1)32-24-36-33(27-17-11-12-22-35(27)39-36)23-34(32)38-30-20-9-7-18-28(30)37(26-15-5-2-6-16-26)29-19-8-10-21-31(29)38/h1-24H/i1D,3D,4D,13D,14D. The maximum Gasteiger partial charge on any atom is 0.136 e. The van der Waals surface area contributed by atoms with E-state index in [0.29, 0.717) is 11.1 Å². The van der Waals surface area contributed by atoms with E-state index in [1.54, 1.807) is 0 Å². The molecule has 0 spiro atoms. The van der Waals surface area contributed by atoms with E-state index in [1.165, 1.54) is 0 Å². The molecule has 1 nitrogen and oxygen atoms in total. The van der Waals surface area contributed by atoms with Crippen LogP contribution in [0.1, 0.15) is 6.85 Å². The van der Waals surface area contributed by atoms with E-state index in [-0.39, 0.29) is 29.7 Å². The Bertz CT molecular complexity index is 2360. The van der Waals surface area contributed by atoms with Crippen molar-refractivity contribution < 1.29 is 11.3 Å². The van der Waals surface area contributed by atoms with E-state index < -0.39 is 6.04 Å². The minimum Gasteiger partial charge on any atom is -0.456 e. The van der Waals surface area contributed by atoms with Crippen molar-refractivity contribution in [1.29, 1.82) is 0 Å². The van der Waals surface area contributed by atoms with Crippen LogP contribution in [0.25, 0.3) is 76.9 Å². The molecule has 182 valence electrons. The zero-order valence-corrected chi connectivity index (χ0v) is 20.9. The first-order chi connectivity index (χ1) is 21.4. The lowest BCUT2D eigenvalue weighted by Gasteiger charge is -2.20. The van der Waals surface area contributed by atoms with E-state index in [9.17, 15) is 0 Å². The average Bonchev–Trinajstić information content (AvgIpc) is 3.43. The number of hydrogen-bond acceptors (Lipinski definition) is 1. The number of hydrogen-bond donors (Lipinski definition) is 0. The van der Waals surface area contributed by atoms with Crippen LogP contribution in [-0.2, 0) is 0 Å². The minimum atomic E-state index is -0.418. The first kappa shape index (κ1) is 17.4. The molecule has 0 saturated heterocycles. The molecule has 0 amide bonds. The molecule has 0 saturated carbocycles. The van der Waals surface area contributed by atoms with Gasteiger partial charge in [-0.05, 0) is 73.1 Å². The summed E-state index contributed by atoms with van der Waals surface area (Å²) in [5.41, 5.74) is 5.92. The van der Waals surface area contributed by atoms with Crippen molar-refractivity contribution in [2.45, 2.75) is 0 Å². The van der Waals surface area contributed by atoms with Crippen LogP contribution in [0.3, 0.4) is 0 Å². The highest BCUT2D eigenvalue weighted by Crippen LogP contribution is 2.47. The molecule has 0 N–H and O–H groups in total. The fourth-order valence-electron chi connectivity index (χ4n) is 5.90. The molecule has 39 heavy (non-hydrogen) atoms. The van der Waals surface area contributed by atoms with E-state index in [0.717, 1.165) is 60.2 Å². The molecule has 1 aromatic heterocycles. The second-order valence-electron chi connectivity index (χ2n) is 9.70. The largest absolute Gasteiger partial charge is 0.456 e. The normalized spacial score (nSPS) is 13.4. The molecule has 1 heterocycles. The highest BCUT2D eigenvalue weighted by Gasteiger charge is 2.20. The molecule has 0 fully saturated rings. The molecule has 8 aromatic rings. The van der Waals surface area contributed by atoms with Crippen molar-refractivity contribution in [2.24, 2.45) is 0 Å². The summed E-state index contributed by atoms with van der Waals surface area (Å²) in [4.78, 5) is 0. The minimum absolute atomic E-state index is 0.147. The van der Waals surface area contributed by atoms with Crippen molar-refractivity contribution in [1.82, 2.24) is 0 Å². The van der Waals surface area contributed by atoms with Crippen LogP contribution in [0.4, 0.5) is 0 Å². The smallest absolute Gasteiger partial charge is 0.136 e. The Hall–Kier alpha value is -5.14. The third-order valence-electron chi connectivity index (χ3n) is 7.55. The molecule has 7 aromatic carbocycles. The first-order valence-electron chi connectivity index (χ1n) is 15.5. The molecule has 0 unspecified atom stereocenters. The third-order valence-corrected chi connectivity index (χ3v) is 7.55. The summed E-state index contributed by atoms with van der Waals surface area (Å²) in [5, 5.41) is 5.99. The Morgan fingerprint density at radius 3 is 1.64 bits per heavy atom. The van der Waals surface area contributed by atoms with Gasteiger partial charge in [0.15, 0.2) is 0 Å². The van der Waals surface area contributed by atoms with Gasteiger partial charge in [0.25, 0.3) is 0 Å². The van der Waals surface area contributed by atoms with Crippen LogP contribution in [0.5, 0.6) is 0 Å². The fourth-order valence-corrected chi connectivity index (χ4v) is 5.90. The summed E-state index contributed by atoms with van der Waals surface area (Å²) in [7, 11) is 0. The predicted molar refractivity (Wildman–Crippen MR) is 165 cm³/mol. The van der Waals surface area contributed by atoms with E-state index >= 15 is 0 Å². The second kappa shape index (κ2) is 8.72. The second-order valence-corrected chi connectivity index (χ2v) is 9.70. The Balaban J connectivity index is 1.60. The fraction of sp³-hybridized carbons (Fsp3) is 0. The van der Waals surface area contributed by atoms with E-state index in [1.807, 2.05) is 72.8 Å². The Morgan fingerprint density at radius 1 is 0.410 bits per heavy atom. The van der Waals surface area contributed by atoms with Crippen molar-refractivity contribution in [3.63, 3.8) is 0 Å². The van der Waals surface area contributed by atoms with Gasteiger partial charge in [0.05, 0.1) is 6.85 Å². The molecule has 0 bridgehead atoms. The van der Waals surface area contributed by atoms with Crippen LogP contribution < -0.4 is 0 Å². The summed E-state index contributed by atoms with van der Waals surface area (Å²) in [5.74, 6) is 0. The number of para-hydroxylation sites is 1. The molecular formula is C38H24O. The van der Waals surface area contributed by atoms with Gasteiger partial charge < -0.3 is 4.42 Å². The first-order valence-corrected chi connectivity index (χ1v) is 13.0. The number of fused-ring (bicyclic) bond motifs is 5. The summed E-state index contributed by atoms with van der Waals surface area (Å²) >= 11 is 0. The monoisotopic (exact) mass is 501 g/mol. The van der Waals surface area contributed by atoms with Gasteiger partial charge in [-0.2, -0.15) is 0 Å². The highest BCUT2D eigenvalue weighted by molar-refractivity contribution is 6.23. The van der Waals surface area contributed by atoms with Crippen molar-refractivity contribution in [3.8, 4) is 33.4 Å². The SMILES string of the molecule is [2H]c1c([2H])c([2H])c(-c2cc3oc4ccccc4c3cc2-c2c3ccccc3c(-c3ccccc3)c3ccccc23)c([2H])c1[2H]. The summed E-state index contributed by atoms with van der Waals surface area (Å²) in [6.07, 6.45) is 0. The van der Waals surface area contributed by atoms with Crippen LogP contribution >= 0.6 is 0 Å². The zero-order valence-electron chi connectivity index (χ0n) is 25.9. The lowest BCUT2D eigenvalue weighted by Crippen LogP contribution is -1.93. The van der Waals surface area contributed by atoms with Gasteiger partial charge in [0.1, 0.15) is 11.2 Å². The molecule has 0 aliphatic carbocycles. The van der Waals surface area contributed by atoms with Crippen LogP contribution in [0.2, 0.25) is 0 Å². The van der Waals surface area contributed by atoms with Gasteiger partial charge in [0.2, 0.25) is 0 Å². The van der Waals surface area contributed by atoms with E-state index in [2.05, 4.69) is 42.5 Å². The maximum absolute atomic E-state index is 8.92. The van der Waals surface area contributed by atoms with Crippen molar-refractivity contribution >= 4 is 43.5 Å². The molecular weight excluding hydrogens is 472 g/mol. The van der Waals surface area contributed by atoms with Crippen molar-refractivity contribution in [2.75, 3.05) is 0 Å². The number of benzene rings is 7. The molecule has 0 aliphatic heterocycles. The Labute approximate surface area is 233 Å². The lowest BCUT2D eigenvalue weighted by atomic mass is 9.83. The predicted octanol–water partition coefficient (Wildman–Crippen LogP) is 10.9. The Kier molecular flexibility index (Phi) is 3.89. The summed E-state index contributed by atoms with van der Waals surface area (Å²) < 4.78 is 49.3. The molecule has 0 aliphatic rings. The molecule has 0 atom stereocenters. The molecule has 8 rings (SSSR count). The van der Waals surface area contributed by atoms with Crippen molar-refractivity contribution in [3.05, 3.63) is 145 Å². The molecule has 0 radical (unpaired) electrons. The van der Waals surface area contributed by atoms with Gasteiger partial charge in [-0.1, -0.05) is 127 Å². The summed E-state index contributed by atoms with van der Waals surface area (Å²) in [6.45, 7) is 0. The zero-order chi connectivity index (χ0) is 30.1. The van der Waals surface area contributed by atoms with Crippen LogP contribution in [0, 0.1) is 0 Å². The van der Waals surface area contributed by atoms with Gasteiger partial charge in [0, 0.05) is 10.8 Å². The topological polar surface area (TPSA) is 13.1 Å². The molecule has 1 heteroatoms.